The Morgan fingerprint density at radius 1 is 1.29 bits per heavy atom. The molecule has 1 aliphatic heterocycles. The van der Waals surface area contributed by atoms with Crippen LogP contribution in [0.15, 0.2) is 11.6 Å². The van der Waals surface area contributed by atoms with E-state index < -0.39 is 23.3 Å². The minimum Gasteiger partial charge on any atom is -0.276 e. The van der Waals surface area contributed by atoms with Gasteiger partial charge in [0.1, 0.15) is 5.41 Å². The number of hydrogen-bond donors (Lipinski definition) is 1. The van der Waals surface area contributed by atoms with Gasteiger partial charge in [-0.3, -0.25) is 19.8 Å². The highest BCUT2D eigenvalue weighted by Gasteiger charge is 2.51. The number of urea groups is 1. The molecule has 0 aromatic rings. The van der Waals surface area contributed by atoms with Crippen molar-refractivity contribution in [1.29, 1.82) is 0 Å². The van der Waals surface area contributed by atoms with Gasteiger partial charge >= 0.3 is 6.03 Å². The Bertz CT molecular complexity index is 427. The summed E-state index contributed by atoms with van der Waals surface area (Å²) >= 11 is 0. The van der Waals surface area contributed by atoms with E-state index in [0.717, 1.165) is 36.2 Å². The molecule has 1 unspecified atom stereocenters. The Morgan fingerprint density at radius 3 is 2.59 bits per heavy atom. The molecular formula is C12H16N2O3. The van der Waals surface area contributed by atoms with Gasteiger partial charge in [0.05, 0.1) is 0 Å². The first-order chi connectivity index (χ1) is 7.98. The number of allylic oxidation sites excluding steroid dienone is 1. The minimum absolute atomic E-state index is 0.431. The molecule has 2 aliphatic rings. The molecule has 1 fully saturated rings. The summed E-state index contributed by atoms with van der Waals surface area (Å²) in [7, 11) is 1.39. The van der Waals surface area contributed by atoms with E-state index in [1.54, 1.807) is 6.92 Å². The van der Waals surface area contributed by atoms with E-state index in [2.05, 4.69) is 5.32 Å². The molecule has 92 valence electrons. The lowest BCUT2D eigenvalue weighted by atomic mass is 9.74. The van der Waals surface area contributed by atoms with Crippen molar-refractivity contribution >= 4 is 17.8 Å². The maximum absolute atomic E-state index is 12.2. The van der Waals surface area contributed by atoms with E-state index in [1.807, 2.05) is 6.08 Å². The molecule has 2 rings (SSSR count). The highest BCUT2D eigenvalue weighted by Crippen LogP contribution is 2.37. The smallest absolute Gasteiger partial charge is 0.276 e. The summed E-state index contributed by atoms with van der Waals surface area (Å²) < 4.78 is 0. The van der Waals surface area contributed by atoms with Crippen LogP contribution in [-0.2, 0) is 9.59 Å². The summed E-state index contributed by atoms with van der Waals surface area (Å²) in [5, 5.41) is 2.23. The number of nitrogens with one attached hydrogen (secondary N) is 1. The molecule has 0 saturated carbocycles. The lowest BCUT2D eigenvalue weighted by molar-refractivity contribution is -0.146. The maximum atomic E-state index is 12.2. The largest absolute Gasteiger partial charge is 0.330 e. The van der Waals surface area contributed by atoms with Gasteiger partial charge in [-0.05, 0) is 38.2 Å². The fourth-order valence-corrected chi connectivity index (χ4v) is 2.41. The van der Waals surface area contributed by atoms with Crippen molar-refractivity contribution in [3.63, 3.8) is 0 Å². The molecular weight excluding hydrogens is 219 g/mol. The molecule has 0 bridgehead atoms. The molecule has 4 amide bonds. The van der Waals surface area contributed by atoms with Crippen molar-refractivity contribution in [2.24, 2.45) is 5.41 Å². The van der Waals surface area contributed by atoms with E-state index >= 15 is 0 Å². The van der Waals surface area contributed by atoms with Gasteiger partial charge in [-0.15, -0.1) is 0 Å². The monoisotopic (exact) mass is 235 g/mol. The number of amides is 4. The molecule has 5 nitrogen and oxygen atoms in total. The lowest BCUT2D eigenvalue weighted by Crippen LogP contribution is -2.62. The average molecular weight is 235 g/mol. The number of nitrogens with zero attached hydrogens (tertiary/aromatic N) is 1. The van der Waals surface area contributed by atoms with Crippen molar-refractivity contribution in [2.45, 2.75) is 32.6 Å². The van der Waals surface area contributed by atoms with E-state index in [1.165, 1.54) is 7.05 Å². The SMILES string of the molecule is CC1(C2=CCCCC2)C(=O)NC(=O)N([11CH3])C1=O. The van der Waals surface area contributed by atoms with Crippen LogP contribution in [0.25, 0.3) is 0 Å². The lowest BCUT2D eigenvalue weighted by Gasteiger charge is -2.37. The first-order valence-corrected chi connectivity index (χ1v) is 5.81. The van der Waals surface area contributed by atoms with E-state index in [9.17, 15) is 14.4 Å². The fourth-order valence-electron chi connectivity index (χ4n) is 2.41. The highest BCUT2D eigenvalue weighted by molar-refractivity contribution is 6.20. The molecule has 0 aromatic heterocycles. The Kier molecular flexibility index (Phi) is 2.77. The molecule has 1 heterocycles. The number of rotatable bonds is 1. The summed E-state index contributed by atoms with van der Waals surface area (Å²) in [4.78, 5) is 36.5. The second kappa shape index (κ2) is 3.98. The number of hydrogen-bond acceptors (Lipinski definition) is 3. The molecule has 1 atom stereocenters. The van der Waals surface area contributed by atoms with Gasteiger partial charge < -0.3 is 0 Å². The fraction of sp³-hybridized carbons (Fsp3) is 0.583. The van der Waals surface area contributed by atoms with Gasteiger partial charge in [0.2, 0.25) is 11.8 Å². The summed E-state index contributed by atoms with van der Waals surface area (Å²) in [5.74, 6) is -0.932. The van der Waals surface area contributed by atoms with E-state index in [-0.39, 0.29) is 0 Å². The van der Waals surface area contributed by atoms with Crippen LogP contribution in [0.5, 0.6) is 0 Å². The normalized spacial score (nSPS) is 30.1. The Labute approximate surface area is 99.8 Å². The van der Waals surface area contributed by atoms with Gasteiger partial charge in [0.15, 0.2) is 0 Å². The van der Waals surface area contributed by atoms with Crippen LogP contribution in [0.2, 0.25) is 0 Å². The van der Waals surface area contributed by atoms with Crippen LogP contribution < -0.4 is 5.32 Å². The van der Waals surface area contributed by atoms with Gasteiger partial charge in [0.25, 0.3) is 0 Å². The van der Waals surface area contributed by atoms with E-state index in [0.29, 0.717) is 0 Å². The van der Waals surface area contributed by atoms with Gasteiger partial charge in [0, 0.05) is 7.05 Å². The average Bonchev–Trinajstić information content (AvgIpc) is 2.35. The standard InChI is InChI=1S/C12H16N2O3/c1-12(8-6-4-3-5-7-8)9(15)13-11(17)14(2)10(12)16/h6H,3-5,7H2,1-2H3,(H,13,15,17)/i2-1. The number of imide groups is 2. The van der Waals surface area contributed by atoms with Crippen LogP contribution in [0.1, 0.15) is 32.6 Å². The number of barbiturate groups is 1. The number of carbonyl (C=O) groups is 3. The van der Waals surface area contributed by atoms with Crippen molar-refractivity contribution in [2.75, 3.05) is 7.05 Å². The second-order valence-corrected chi connectivity index (χ2v) is 4.72. The van der Waals surface area contributed by atoms with Crippen molar-refractivity contribution in [3.05, 3.63) is 11.6 Å². The summed E-state index contributed by atoms with van der Waals surface area (Å²) in [6.45, 7) is 1.60. The van der Waals surface area contributed by atoms with Gasteiger partial charge in [-0.2, -0.15) is 0 Å². The van der Waals surface area contributed by atoms with Crippen LogP contribution in [-0.4, -0.2) is 29.8 Å². The first kappa shape index (κ1) is 11.8. The topological polar surface area (TPSA) is 66.5 Å². The Balaban J connectivity index is 2.40. The molecule has 17 heavy (non-hydrogen) atoms. The predicted octanol–water partition coefficient (Wildman–Crippen LogP) is 1.20. The molecule has 0 radical (unpaired) electrons. The van der Waals surface area contributed by atoms with Gasteiger partial charge in [-0.1, -0.05) is 6.08 Å². The molecule has 1 aliphatic carbocycles. The molecule has 1 saturated heterocycles. The van der Waals surface area contributed by atoms with Crippen LogP contribution in [0.4, 0.5) is 4.79 Å². The maximum Gasteiger partial charge on any atom is 0.330 e. The Hall–Kier alpha value is -1.65. The van der Waals surface area contributed by atoms with Crippen LogP contribution in [0.3, 0.4) is 0 Å². The zero-order valence-electron chi connectivity index (χ0n) is 10.1. The number of carbonyl (C=O) groups excluding carboxylic acids is 3. The predicted molar refractivity (Wildman–Crippen MR) is 61.0 cm³/mol. The van der Waals surface area contributed by atoms with E-state index in [4.69, 9.17) is 0 Å². The third-order valence-corrected chi connectivity index (χ3v) is 3.64. The van der Waals surface area contributed by atoms with Crippen LogP contribution >= 0.6 is 0 Å². The minimum atomic E-state index is -1.21. The van der Waals surface area contributed by atoms with Crippen molar-refractivity contribution < 1.29 is 14.4 Å². The zero-order valence-corrected chi connectivity index (χ0v) is 10.1. The molecule has 0 aromatic carbocycles. The Morgan fingerprint density at radius 2 is 2.00 bits per heavy atom. The summed E-state index contributed by atoms with van der Waals surface area (Å²) in [6.07, 6.45) is 5.68. The molecule has 1 N–H and O–H groups in total. The summed E-state index contributed by atoms with van der Waals surface area (Å²) in [6, 6.07) is -0.645. The molecule has 0 spiro atoms. The highest BCUT2D eigenvalue weighted by atomic mass is 16.2. The third-order valence-electron chi connectivity index (χ3n) is 3.64. The van der Waals surface area contributed by atoms with Crippen LogP contribution in [0, 0.1) is 5.41 Å². The van der Waals surface area contributed by atoms with Crippen molar-refractivity contribution in [3.8, 4) is 0 Å². The second-order valence-electron chi connectivity index (χ2n) is 4.72. The first-order valence-electron chi connectivity index (χ1n) is 5.81. The third kappa shape index (κ3) is 1.66. The quantitative estimate of drug-likeness (QED) is 0.548. The summed E-state index contributed by atoms with van der Waals surface area (Å²) in [5.41, 5.74) is -0.367. The zero-order chi connectivity index (χ0) is 12.6. The van der Waals surface area contributed by atoms with Gasteiger partial charge in [-0.25, -0.2) is 4.79 Å². The molecule has 5 heteroatoms. The van der Waals surface area contributed by atoms with Crippen molar-refractivity contribution in [1.82, 2.24) is 10.2 Å².